The van der Waals surface area contributed by atoms with Crippen molar-refractivity contribution in [2.24, 2.45) is 7.05 Å². The number of hydrogen-bond acceptors (Lipinski definition) is 7. The average molecular weight is 395 g/mol. The molecule has 1 aliphatic carbocycles. The summed E-state index contributed by atoms with van der Waals surface area (Å²) in [5.41, 5.74) is 1.87. The molecule has 144 valence electrons. The van der Waals surface area contributed by atoms with Gasteiger partial charge in [-0.3, -0.25) is 0 Å². The number of allylic oxidation sites excluding steroid dienone is 1. The SMILES string of the molecule is Cn1c(/C(C#N)=C(\O)CSc2nnnn2C2CCCCC2)nc2ccccc21. The molecule has 1 aromatic carbocycles. The van der Waals surface area contributed by atoms with E-state index in [0.717, 1.165) is 23.9 Å². The Morgan fingerprint density at radius 2 is 2.07 bits per heavy atom. The van der Waals surface area contributed by atoms with Crippen molar-refractivity contribution >= 4 is 28.4 Å². The minimum absolute atomic E-state index is 0.0240. The molecule has 2 aromatic heterocycles. The van der Waals surface area contributed by atoms with Crippen LogP contribution in [0.4, 0.5) is 0 Å². The van der Waals surface area contributed by atoms with Crippen LogP contribution in [-0.2, 0) is 7.05 Å². The van der Waals surface area contributed by atoms with E-state index >= 15 is 0 Å². The van der Waals surface area contributed by atoms with Crippen molar-refractivity contribution in [1.82, 2.24) is 29.8 Å². The number of thioether (sulfide) groups is 1. The number of para-hydroxylation sites is 2. The van der Waals surface area contributed by atoms with E-state index in [-0.39, 0.29) is 17.1 Å². The highest BCUT2D eigenvalue weighted by Crippen LogP contribution is 2.31. The minimum Gasteiger partial charge on any atom is -0.510 e. The number of aliphatic hydroxyl groups excluding tert-OH is 1. The maximum atomic E-state index is 10.6. The van der Waals surface area contributed by atoms with Gasteiger partial charge in [0.1, 0.15) is 17.4 Å². The fraction of sp³-hybridized carbons (Fsp3) is 0.421. The maximum Gasteiger partial charge on any atom is 0.210 e. The lowest BCUT2D eigenvalue weighted by Crippen LogP contribution is -2.15. The highest BCUT2D eigenvalue weighted by atomic mass is 32.2. The molecule has 8 nitrogen and oxygen atoms in total. The molecule has 1 aliphatic rings. The van der Waals surface area contributed by atoms with Crippen LogP contribution in [0.1, 0.15) is 44.0 Å². The Balaban J connectivity index is 1.57. The zero-order valence-corrected chi connectivity index (χ0v) is 16.4. The van der Waals surface area contributed by atoms with Crippen LogP contribution >= 0.6 is 11.8 Å². The van der Waals surface area contributed by atoms with E-state index in [4.69, 9.17) is 0 Å². The second kappa shape index (κ2) is 8.02. The van der Waals surface area contributed by atoms with E-state index < -0.39 is 0 Å². The summed E-state index contributed by atoms with van der Waals surface area (Å²) in [5, 5.41) is 33.0. The minimum atomic E-state index is -0.0240. The molecule has 0 radical (unpaired) electrons. The van der Waals surface area contributed by atoms with Gasteiger partial charge >= 0.3 is 0 Å². The molecule has 0 aliphatic heterocycles. The van der Waals surface area contributed by atoms with E-state index in [1.165, 1.54) is 31.0 Å². The summed E-state index contributed by atoms with van der Waals surface area (Å²) in [4.78, 5) is 4.51. The molecular formula is C19H21N7OS. The number of tetrazole rings is 1. The molecule has 0 atom stereocenters. The summed E-state index contributed by atoms with van der Waals surface area (Å²) >= 11 is 1.34. The topological polar surface area (TPSA) is 105 Å². The molecule has 1 saturated carbocycles. The van der Waals surface area contributed by atoms with Crippen molar-refractivity contribution in [3.8, 4) is 6.07 Å². The van der Waals surface area contributed by atoms with Crippen LogP contribution in [-0.4, -0.2) is 40.6 Å². The van der Waals surface area contributed by atoms with Gasteiger partial charge in [-0.2, -0.15) is 5.26 Å². The molecule has 0 spiro atoms. The van der Waals surface area contributed by atoms with Gasteiger partial charge in [0.25, 0.3) is 0 Å². The first kappa shape index (κ1) is 18.5. The molecule has 1 N–H and O–H groups in total. The van der Waals surface area contributed by atoms with Crippen LogP contribution in [0.3, 0.4) is 0 Å². The third-order valence-electron chi connectivity index (χ3n) is 5.13. The van der Waals surface area contributed by atoms with Gasteiger partial charge in [0.05, 0.1) is 22.8 Å². The zero-order valence-electron chi connectivity index (χ0n) is 15.6. The third kappa shape index (κ3) is 3.47. The summed E-state index contributed by atoms with van der Waals surface area (Å²) in [6.07, 6.45) is 5.78. The quantitative estimate of drug-likeness (QED) is 0.399. The largest absolute Gasteiger partial charge is 0.510 e. The molecule has 4 rings (SSSR count). The van der Waals surface area contributed by atoms with Gasteiger partial charge in [0.2, 0.25) is 5.16 Å². The van der Waals surface area contributed by atoms with Crippen molar-refractivity contribution in [1.29, 1.82) is 5.26 Å². The number of nitrogens with zero attached hydrogens (tertiary/aromatic N) is 7. The summed E-state index contributed by atoms with van der Waals surface area (Å²) in [7, 11) is 1.84. The Morgan fingerprint density at radius 1 is 1.29 bits per heavy atom. The van der Waals surface area contributed by atoms with Crippen molar-refractivity contribution in [2.45, 2.75) is 43.3 Å². The highest BCUT2D eigenvalue weighted by molar-refractivity contribution is 7.99. The smallest absolute Gasteiger partial charge is 0.210 e. The van der Waals surface area contributed by atoms with Gasteiger partial charge in [-0.05, 0) is 35.4 Å². The number of rotatable bonds is 5. The number of imidazole rings is 1. The van der Waals surface area contributed by atoms with Gasteiger partial charge in [0, 0.05) is 7.05 Å². The Labute approximate surface area is 166 Å². The van der Waals surface area contributed by atoms with Crippen LogP contribution in [0.2, 0.25) is 0 Å². The predicted molar refractivity (Wildman–Crippen MR) is 107 cm³/mol. The number of aliphatic hydroxyl groups is 1. The lowest BCUT2D eigenvalue weighted by Gasteiger charge is -2.21. The first-order valence-electron chi connectivity index (χ1n) is 9.33. The molecule has 3 aromatic rings. The average Bonchev–Trinajstić information content (AvgIpc) is 3.33. The number of fused-ring (bicyclic) bond motifs is 1. The van der Waals surface area contributed by atoms with Gasteiger partial charge < -0.3 is 9.67 Å². The second-order valence-corrected chi connectivity index (χ2v) is 7.85. The molecule has 1 fully saturated rings. The summed E-state index contributed by atoms with van der Waals surface area (Å²) in [6, 6.07) is 10.1. The third-order valence-corrected chi connectivity index (χ3v) is 6.08. The van der Waals surface area contributed by atoms with Gasteiger partial charge in [-0.25, -0.2) is 9.67 Å². The lowest BCUT2D eigenvalue weighted by atomic mass is 9.96. The fourth-order valence-electron chi connectivity index (χ4n) is 3.65. The van der Waals surface area contributed by atoms with Crippen molar-refractivity contribution in [3.63, 3.8) is 0 Å². The molecule has 2 heterocycles. The van der Waals surface area contributed by atoms with Gasteiger partial charge in [-0.1, -0.05) is 43.2 Å². The number of aryl methyl sites for hydroxylation is 1. The summed E-state index contributed by atoms with van der Waals surface area (Å²) in [6.45, 7) is 0. The molecule has 0 saturated heterocycles. The van der Waals surface area contributed by atoms with Crippen LogP contribution in [0, 0.1) is 11.3 Å². The Morgan fingerprint density at radius 3 is 2.82 bits per heavy atom. The van der Waals surface area contributed by atoms with Crippen molar-refractivity contribution in [3.05, 3.63) is 35.8 Å². The summed E-state index contributed by atoms with van der Waals surface area (Å²) < 4.78 is 3.68. The number of hydrogen-bond donors (Lipinski definition) is 1. The van der Waals surface area contributed by atoms with Crippen LogP contribution in [0.25, 0.3) is 16.6 Å². The molecular weight excluding hydrogens is 374 g/mol. The monoisotopic (exact) mass is 395 g/mol. The summed E-state index contributed by atoms with van der Waals surface area (Å²) in [5.74, 6) is 0.636. The molecule has 9 heteroatoms. The predicted octanol–water partition coefficient (Wildman–Crippen LogP) is 3.65. The first-order valence-corrected chi connectivity index (χ1v) is 10.3. The second-order valence-electron chi connectivity index (χ2n) is 6.90. The Bertz CT molecular complexity index is 1060. The van der Waals surface area contributed by atoms with Crippen LogP contribution < -0.4 is 0 Å². The van der Waals surface area contributed by atoms with E-state index in [9.17, 15) is 10.4 Å². The normalized spacial score (nSPS) is 16.1. The molecule has 0 amide bonds. The lowest BCUT2D eigenvalue weighted by molar-refractivity contribution is 0.307. The van der Waals surface area contributed by atoms with E-state index in [1.54, 1.807) is 0 Å². The molecule has 0 unspecified atom stereocenters. The number of aromatic nitrogens is 6. The van der Waals surface area contributed by atoms with Crippen molar-refractivity contribution in [2.75, 3.05) is 5.75 Å². The fourth-order valence-corrected chi connectivity index (χ4v) is 4.48. The van der Waals surface area contributed by atoms with Crippen LogP contribution in [0.5, 0.6) is 0 Å². The number of benzene rings is 1. The van der Waals surface area contributed by atoms with Gasteiger partial charge in [0.15, 0.2) is 5.82 Å². The maximum absolute atomic E-state index is 10.6. The number of nitriles is 1. The standard InChI is InChI=1S/C19H21N7OS/c1-25-16-10-6-5-9-15(16)21-18(25)14(11-20)17(27)12-28-19-22-23-24-26(19)13-7-3-2-4-8-13/h5-6,9-10,13,27H,2-4,7-8,12H2,1H3/b17-14-. The Hall–Kier alpha value is -2.86. The van der Waals surface area contributed by atoms with Crippen molar-refractivity contribution < 1.29 is 5.11 Å². The Kier molecular flexibility index (Phi) is 5.30. The van der Waals surface area contributed by atoms with E-state index in [2.05, 4.69) is 26.6 Å². The van der Waals surface area contributed by atoms with Crippen LogP contribution in [0.15, 0.2) is 35.2 Å². The molecule has 0 bridgehead atoms. The highest BCUT2D eigenvalue weighted by Gasteiger charge is 2.22. The van der Waals surface area contributed by atoms with Gasteiger partial charge in [-0.15, -0.1) is 5.10 Å². The molecule has 28 heavy (non-hydrogen) atoms. The first-order chi connectivity index (χ1) is 13.7. The van der Waals surface area contributed by atoms with E-state index in [0.29, 0.717) is 17.0 Å². The van der Waals surface area contributed by atoms with E-state index in [1.807, 2.05) is 40.6 Å². The zero-order chi connectivity index (χ0) is 19.5.